The van der Waals surface area contributed by atoms with Gasteiger partial charge in [-0.15, -0.1) is 0 Å². The van der Waals surface area contributed by atoms with Gasteiger partial charge in [-0.2, -0.15) is 10.2 Å². The molecule has 6 nitrogen and oxygen atoms in total. The summed E-state index contributed by atoms with van der Waals surface area (Å²) >= 11 is 3.31. The number of aryl methyl sites for hydroxylation is 2. The number of nitrogens with zero attached hydrogens (tertiary/aromatic N) is 4. The largest absolute Gasteiger partial charge is 0.311 e. The van der Waals surface area contributed by atoms with E-state index in [1.807, 2.05) is 6.92 Å². The van der Waals surface area contributed by atoms with Crippen LogP contribution in [0.1, 0.15) is 12.1 Å². The van der Waals surface area contributed by atoms with Crippen LogP contribution >= 0.6 is 15.9 Å². The molecule has 24 heavy (non-hydrogen) atoms. The lowest BCUT2D eigenvalue weighted by Crippen LogP contribution is -2.17. The molecule has 0 aliphatic carbocycles. The Balaban J connectivity index is 1.70. The zero-order chi connectivity index (χ0) is 17.1. The number of benzene rings is 1. The Bertz CT molecular complexity index is 856. The molecule has 0 unspecified atom stereocenters. The average Bonchev–Trinajstić information content (AvgIpc) is 3.12. The number of carbonyl (C=O) groups is 1. The number of carbonyl (C=O) groups excluding carboxylic acids is 1. The lowest BCUT2D eigenvalue weighted by Gasteiger charge is -2.09. The molecule has 0 aliphatic rings. The fourth-order valence-electron chi connectivity index (χ4n) is 2.25. The third kappa shape index (κ3) is 3.88. The highest BCUT2D eigenvalue weighted by atomic mass is 79.9. The van der Waals surface area contributed by atoms with E-state index in [-0.39, 0.29) is 18.1 Å². The van der Waals surface area contributed by atoms with Crippen LogP contribution in [0.15, 0.2) is 47.2 Å². The minimum Gasteiger partial charge on any atom is -0.311 e. The summed E-state index contributed by atoms with van der Waals surface area (Å²) in [4.78, 5) is 12.2. The lowest BCUT2D eigenvalue weighted by atomic mass is 10.3. The standard InChI is InChI=1S/C16H15BrFN5O/c1-11-8-15(23(21-11)14-4-2-13(18)3-5-14)20-16(24)6-7-22-10-12(17)9-19-22/h2-5,8-10H,6-7H2,1H3,(H,20,24). The van der Waals surface area contributed by atoms with E-state index in [9.17, 15) is 9.18 Å². The van der Waals surface area contributed by atoms with Crippen molar-refractivity contribution in [3.05, 3.63) is 58.7 Å². The second-order valence-corrected chi connectivity index (χ2v) is 6.19. The molecule has 8 heteroatoms. The summed E-state index contributed by atoms with van der Waals surface area (Å²) in [6, 6.07) is 7.70. The van der Waals surface area contributed by atoms with E-state index >= 15 is 0 Å². The maximum Gasteiger partial charge on any atom is 0.227 e. The Morgan fingerprint density at radius 2 is 2.08 bits per heavy atom. The summed E-state index contributed by atoms with van der Waals surface area (Å²) in [5.41, 5.74) is 1.43. The van der Waals surface area contributed by atoms with Gasteiger partial charge in [0.15, 0.2) is 0 Å². The number of rotatable bonds is 5. The smallest absolute Gasteiger partial charge is 0.227 e. The van der Waals surface area contributed by atoms with Gasteiger partial charge in [-0.25, -0.2) is 9.07 Å². The van der Waals surface area contributed by atoms with Crippen molar-refractivity contribution in [1.82, 2.24) is 19.6 Å². The van der Waals surface area contributed by atoms with Crippen LogP contribution in [0.5, 0.6) is 0 Å². The summed E-state index contributed by atoms with van der Waals surface area (Å²) in [6.07, 6.45) is 3.76. The molecule has 3 rings (SSSR count). The molecule has 0 atom stereocenters. The molecule has 0 saturated heterocycles. The molecule has 2 aromatic heterocycles. The number of halogens is 2. The third-order valence-electron chi connectivity index (χ3n) is 3.34. The predicted octanol–water partition coefficient (Wildman–Crippen LogP) is 3.31. The normalized spacial score (nSPS) is 10.8. The Kier molecular flexibility index (Phi) is 4.75. The highest BCUT2D eigenvalue weighted by Crippen LogP contribution is 2.18. The van der Waals surface area contributed by atoms with E-state index in [4.69, 9.17) is 0 Å². The SMILES string of the molecule is Cc1cc(NC(=O)CCn2cc(Br)cn2)n(-c2ccc(F)cc2)n1. The monoisotopic (exact) mass is 391 g/mol. The Morgan fingerprint density at radius 1 is 1.33 bits per heavy atom. The zero-order valence-corrected chi connectivity index (χ0v) is 14.5. The molecular weight excluding hydrogens is 377 g/mol. The molecule has 124 valence electrons. The number of hydrogen-bond donors (Lipinski definition) is 1. The minimum atomic E-state index is -0.321. The first kappa shape index (κ1) is 16.4. The molecule has 1 amide bonds. The molecule has 0 spiro atoms. The van der Waals surface area contributed by atoms with Crippen molar-refractivity contribution < 1.29 is 9.18 Å². The van der Waals surface area contributed by atoms with Gasteiger partial charge < -0.3 is 5.32 Å². The van der Waals surface area contributed by atoms with E-state index in [2.05, 4.69) is 31.4 Å². The second-order valence-electron chi connectivity index (χ2n) is 5.28. The van der Waals surface area contributed by atoms with Crippen LogP contribution in [0.3, 0.4) is 0 Å². The average molecular weight is 392 g/mol. The van der Waals surface area contributed by atoms with Crippen LogP contribution in [-0.4, -0.2) is 25.5 Å². The van der Waals surface area contributed by atoms with Crippen molar-refractivity contribution in [3.8, 4) is 5.69 Å². The maximum absolute atomic E-state index is 13.1. The summed E-state index contributed by atoms with van der Waals surface area (Å²) in [5, 5.41) is 11.3. The van der Waals surface area contributed by atoms with Gasteiger partial charge in [-0.3, -0.25) is 9.48 Å². The van der Waals surface area contributed by atoms with Gasteiger partial charge in [0.05, 0.1) is 22.1 Å². The fourth-order valence-corrected chi connectivity index (χ4v) is 2.58. The molecule has 0 aliphatic heterocycles. The molecule has 1 N–H and O–H groups in total. The highest BCUT2D eigenvalue weighted by Gasteiger charge is 2.11. The molecule has 0 fully saturated rings. The Labute approximate surface area is 146 Å². The van der Waals surface area contributed by atoms with E-state index in [1.54, 1.807) is 40.0 Å². The maximum atomic E-state index is 13.1. The van der Waals surface area contributed by atoms with Crippen LogP contribution < -0.4 is 5.32 Å². The number of anilines is 1. The van der Waals surface area contributed by atoms with Crippen molar-refractivity contribution >= 4 is 27.7 Å². The lowest BCUT2D eigenvalue weighted by molar-refractivity contribution is -0.116. The predicted molar refractivity (Wildman–Crippen MR) is 91.4 cm³/mol. The number of nitrogens with one attached hydrogen (secondary N) is 1. The summed E-state index contributed by atoms with van der Waals surface area (Å²) < 4.78 is 17.2. The zero-order valence-electron chi connectivity index (χ0n) is 12.9. The first-order valence-electron chi connectivity index (χ1n) is 7.32. The first-order valence-corrected chi connectivity index (χ1v) is 8.11. The highest BCUT2D eigenvalue weighted by molar-refractivity contribution is 9.10. The Morgan fingerprint density at radius 3 is 2.75 bits per heavy atom. The quantitative estimate of drug-likeness (QED) is 0.725. The molecule has 0 saturated carbocycles. The molecule has 3 aromatic rings. The molecule has 1 aromatic carbocycles. The molecule has 0 bridgehead atoms. The summed E-state index contributed by atoms with van der Waals surface area (Å²) in [5.74, 6) is 0.0780. The Hall–Kier alpha value is -2.48. The van der Waals surface area contributed by atoms with Gasteiger partial charge in [0.2, 0.25) is 5.91 Å². The number of hydrogen-bond acceptors (Lipinski definition) is 3. The van der Waals surface area contributed by atoms with Crippen LogP contribution in [-0.2, 0) is 11.3 Å². The van der Waals surface area contributed by atoms with E-state index in [1.165, 1.54) is 12.1 Å². The summed E-state index contributed by atoms with van der Waals surface area (Å²) in [6.45, 7) is 2.30. The second kappa shape index (κ2) is 6.96. The van der Waals surface area contributed by atoms with Gasteiger partial charge >= 0.3 is 0 Å². The van der Waals surface area contributed by atoms with Crippen molar-refractivity contribution in [2.45, 2.75) is 19.9 Å². The number of aromatic nitrogens is 4. The van der Waals surface area contributed by atoms with Crippen molar-refractivity contribution in [3.63, 3.8) is 0 Å². The molecular formula is C16H15BrFN5O. The topological polar surface area (TPSA) is 64.7 Å². The van der Waals surface area contributed by atoms with E-state index in [0.29, 0.717) is 18.1 Å². The van der Waals surface area contributed by atoms with Gasteiger partial charge in [0, 0.05) is 25.2 Å². The first-order chi connectivity index (χ1) is 11.5. The van der Waals surface area contributed by atoms with Gasteiger partial charge in [-0.05, 0) is 47.1 Å². The van der Waals surface area contributed by atoms with Crippen molar-refractivity contribution in [1.29, 1.82) is 0 Å². The minimum absolute atomic E-state index is 0.148. The van der Waals surface area contributed by atoms with E-state index < -0.39 is 0 Å². The summed E-state index contributed by atoms with van der Waals surface area (Å²) in [7, 11) is 0. The van der Waals surface area contributed by atoms with Crippen LogP contribution in [0.4, 0.5) is 10.2 Å². The van der Waals surface area contributed by atoms with Crippen LogP contribution in [0, 0.1) is 12.7 Å². The van der Waals surface area contributed by atoms with Crippen LogP contribution in [0.25, 0.3) is 5.69 Å². The van der Waals surface area contributed by atoms with Crippen LogP contribution in [0.2, 0.25) is 0 Å². The number of amides is 1. The molecule has 0 radical (unpaired) electrons. The molecule has 2 heterocycles. The van der Waals surface area contributed by atoms with Crippen molar-refractivity contribution in [2.24, 2.45) is 0 Å². The van der Waals surface area contributed by atoms with Gasteiger partial charge in [0.1, 0.15) is 11.6 Å². The van der Waals surface area contributed by atoms with E-state index in [0.717, 1.165) is 10.2 Å². The van der Waals surface area contributed by atoms with Gasteiger partial charge in [-0.1, -0.05) is 0 Å². The third-order valence-corrected chi connectivity index (χ3v) is 3.75. The van der Waals surface area contributed by atoms with Crippen molar-refractivity contribution in [2.75, 3.05) is 5.32 Å². The fraction of sp³-hybridized carbons (Fsp3) is 0.188. The van der Waals surface area contributed by atoms with Gasteiger partial charge in [0.25, 0.3) is 0 Å².